The number of rotatable bonds is 20. The number of hydrogen-bond donors (Lipinski definition) is 0. The van der Waals surface area contributed by atoms with Crippen molar-refractivity contribution in [1.82, 2.24) is 0 Å². The smallest absolute Gasteiger partial charge is 0.373 e. The van der Waals surface area contributed by atoms with Crippen LogP contribution >= 0.6 is 31.4 Å². The minimum Gasteiger partial charge on any atom is -0.373 e. The topological polar surface area (TPSA) is 105 Å². The van der Waals surface area contributed by atoms with Crippen molar-refractivity contribution in [2.45, 2.75) is 80.6 Å². The van der Waals surface area contributed by atoms with Crippen molar-refractivity contribution in [3.8, 4) is 0 Å². The Morgan fingerprint density at radius 3 is 1.11 bits per heavy atom. The van der Waals surface area contributed by atoms with E-state index in [0.717, 1.165) is 10.1 Å². The minimum absolute atomic E-state index is 0.248. The Bertz CT molecular complexity index is 642. The van der Waals surface area contributed by atoms with E-state index in [1.165, 1.54) is 21.6 Å². The molecule has 0 aromatic heterocycles. The summed E-state index contributed by atoms with van der Waals surface area (Å²) in [7, 11) is -1.15. The van der Waals surface area contributed by atoms with E-state index >= 15 is 0 Å². The fourth-order valence-electron chi connectivity index (χ4n) is 2.95. The van der Waals surface area contributed by atoms with Crippen LogP contribution in [0.1, 0.15) is 69.2 Å². The Morgan fingerprint density at radius 2 is 0.865 bits per heavy atom. The third-order valence-electron chi connectivity index (χ3n) is 4.47. The van der Waals surface area contributed by atoms with E-state index in [9.17, 15) is 0 Å². The average Bonchev–Trinajstić information content (AvgIpc) is 2.84. The van der Waals surface area contributed by atoms with Gasteiger partial charge in [0.1, 0.15) is 24.0 Å². The molecule has 0 saturated heterocycles. The van der Waals surface area contributed by atoms with Crippen LogP contribution in [-0.4, -0.2) is 91.3 Å². The van der Waals surface area contributed by atoms with Crippen LogP contribution < -0.4 is 0 Å². The maximum absolute atomic E-state index is 5.90. The van der Waals surface area contributed by atoms with E-state index in [4.69, 9.17) is 26.6 Å². The van der Waals surface area contributed by atoms with Crippen LogP contribution in [0.3, 0.4) is 0 Å². The zero-order valence-electron chi connectivity index (χ0n) is 24.0. The van der Waals surface area contributed by atoms with Crippen molar-refractivity contribution in [2.24, 2.45) is 20.0 Å². The second-order valence-electron chi connectivity index (χ2n) is 7.22. The van der Waals surface area contributed by atoms with Crippen LogP contribution in [0.2, 0.25) is 0 Å². The van der Waals surface area contributed by atoms with E-state index < -0.39 is 17.6 Å². The molecular weight excluding hydrogens is 569 g/mol. The highest BCUT2D eigenvalue weighted by molar-refractivity contribution is 9.14. The molecule has 0 spiro atoms. The van der Waals surface area contributed by atoms with Gasteiger partial charge in [0.15, 0.2) is 0 Å². The lowest BCUT2D eigenvalue weighted by atomic mass is 10.8. The van der Waals surface area contributed by atoms with Crippen molar-refractivity contribution in [3.63, 3.8) is 0 Å². The second kappa shape index (κ2) is 21.7. The zero-order valence-corrected chi connectivity index (χ0v) is 28.5. The van der Waals surface area contributed by atoms with Gasteiger partial charge in [-0.1, -0.05) is 0 Å². The lowest BCUT2D eigenvalue weighted by Crippen LogP contribution is -2.54. The summed E-state index contributed by atoms with van der Waals surface area (Å²) in [6.07, 6.45) is 3.11. The molecule has 2 atom stereocenters. The van der Waals surface area contributed by atoms with E-state index in [2.05, 4.69) is 20.0 Å². The van der Waals surface area contributed by atoms with Crippen molar-refractivity contribution < 1.29 is 26.6 Å². The van der Waals surface area contributed by atoms with Gasteiger partial charge in [-0.15, -0.1) is 0 Å². The summed E-state index contributed by atoms with van der Waals surface area (Å²) < 4.78 is 35.4. The summed E-state index contributed by atoms with van der Waals surface area (Å²) in [5.41, 5.74) is -0.496. The fraction of sp³-hybridized carbons (Fsp3) is 0.818. The fourth-order valence-corrected chi connectivity index (χ4v) is 11.3. The molecule has 0 aliphatic rings. The number of hydrogen-bond acceptors (Lipinski definition) is 11. The maximum atomic E-state index is 5.90. The molecule has 0 heterocycles. The summed E-state index contributed by atoms with van der Waals surface area (Å²) in [5, 5.41) is 1.72. The molecule has 0 radical (unpaired) electrons. The molecule has 0 fully saturated rings. The van der Waals surface area contributed by atoms with Crippen molar-refractivity contribution in [2.75, 3.05) is 39.6 Å². The van der Waals surface area contributed by atoms with Gasteiger partial charge < -0.3 is 26.6 Å². The number of nitrogens with zero attached hydrogens (tertiary/aromatic N) is 4. The predicted molar refractivity (Wildman–Crippen MR) is 166 cm³/mol. The van der Waals surface area contributed by atoms with Crippen molar-refractivity contribution in [1.29, 1.82) is 0 Å². The average molecular weight is 615 g/mol. The lowest BCUT2D eigenvalue weighted by Gasteiger charge is -2.31. The summed E-state index contributed by atoms with van der Waals surface area (Å²) in [6.45, 7) is 22.4. The van der Waals surface area contributed by atoms with Gasteiger partial charge in [0, 0.05) is 39.6 Å². The standard InChI is InChI=1S/C22H46N4O6S3Si2/c1-11-27-36(28-12-2,29-13-3)21(9)25-17-23-19(7)33-35-34-20(8)24-18-26-22(10)37(30-14-4,31-15-5)32-16-6/h17-18,21-22H,11-16H2,1-10H3. The molecule has 15 heteroatoms. The molecule has 0 bridgehead atoms. The minimum atomic E-state index is -2.89. The molecule has 0 rings (SSSR count). The lowest BCUT2D eigenvalue weighted by molar-refractivity contribution is 0.0636. The molecule has 0 amide bonds. The quantitative estimate of drug-likeness (QED) is 0.0721. The van der Waals surface area contributed by atoms with Gasteiger partial charge in [-0.05, 0) is 101 Å². The Labute approximate surface area is 237 Å². The third kappa shape index (κ3) is 14.2. The zero-order chi connectivity index (χ0) is 28.2. The first-order chi connectivity index (χ1) is 17.7. The Hall–Kier alpha value is -0.0762. The number of aliphatic imine (C=N–C) groups is 4. The molecule has 0 aromatic carbocycles. The molecule has 0 saturated carbocycles. The maximum Gasteiger partial charge on any atom is 0.526 e. The van der Waals surface area contributed by atoms with E-state index in [1.54, 1.807) is 22.5 Å². The highest BCUT2D eigenvalue weighted by atomic mass is 33.5. The molecule has 0 N–H and O–H groups in total. The van der Waals surface area contributed by atoms with Crippen LogP contribution in [0, 0.1) is 0 Å². The van der Waals surface area contributed by atoms with Gasteiger partial charge in [0.2, 0.25) is 0 Å². The monoisotopic (exact) mass is 614 g/mol. The molecule has 0 aromatic rings. The summed E-state index contributed by atoms with van der Waals surface area (Å²) in [4.78, 5) is 17.9. The first-order valence-electron chi connectivity index (χ1n) is 12.7. The highest BCUT2D eigenvalue weighted by Crippen LogP contribution is 2.36. The van der Waals surface area contributed by atoms with Crippen LogP contribution in [0.5, 0.6) is 0 Å². The summed E-state index contributed by atoms with van der Waals surface area (Å²) in [6, 6.07) is 0. The van der Waals surface area contributed by atoms with Gasteiger partial charge in [0.25, 0.3) is 0 Å². The van der Waals surface area contributed by atoms with Gasteiger partial charge in [-0.25, -0.2) is 9.98 Å². The molecule has 37 heavy (non-hydrogen) atoms. The van der Waals surface area contributed by atoms with Gasteiger partial charge in [0.05, 0.1) is 10.1 Å². The molecule has 0 aliphatic carbocycles. The van der Waals surface area contributed by atoms with E-state index in [1.807, 2.05) is 69.2 Å². The predicted octanol–water partition coefficient (Wildman–Crippen LogP) is 5.86. The van der Waals surface area contributed by atoms with Crippen LogP contribution in [-0.2, 0) is 26.6 Å². The molecule has 2 unspecified atom stereocenters. The first kappa shape index (κ1) is 36.9. The van der Waals surface area contributed by atoms with Gasteiger partial charge in [-0.2, -0.15) is 0 Å². The van der Waals surface area contributed by atoms with Crippen LogP contribution in [0.25, 0.3) is 0 Å². The Kier molecular flexibility index (Phi) is 21.7. The Morgan fingerprint density at radius 1 is 0.595 bits per heavy atom. The molecular formula is C22H46N4O6S3Si2. The van der Waals surface area contributed by atoms with Crippen molar-refractivity contribution >= 4 is 71.8 Å². The molecule has 216 valence electrons. The summed E-state index contributed by atoms with van der Waals surface area (Å²) >= 11 is 0. The van der Waals surface area contributed by atoms with Gasteiger partial charge in [-0.3, -0.25) is 9.98 Å². The second-order valence-corrected chi connectivity index (χ2v) is 17.3. The first-order valence-corrected chi connectivity index (χ1v) is 19.8. The largest absolute Gasteiger partial charge is 0.526 e. The van der Waals surface area contributed by atoms with Gasteiger partial charge >= 0.3 is 17.6 Å². The van der Waals surface area contributed by atoms with Crippen LogP contribution in [0.15, 0.2) is 20.0 Å². The van der Waals surface area contributed by atoms with Crippen molar-refractivity contribution in [3.05, 3.63) is 0 Å². The Balaban J connectivity index is 4.93. The molecule has 10 nitrogen and oxygen atoms in total. The third-order valence-corrected chi connectivity index (χ3v) is 14.9. The highest BCUT2D eigenvalue weighted by Gasteiger charge is 2.48. The van der Waals surface area contributed by atoms with Crippen LogP contribution in [0.4, 0.5) is 0 Å². The molecule has 0 aliphatic heterocycles. The SMILES string of the molecule is CCO[Si](OCC)(OCC)C(C)N=CN=C(C)SSSC(C)=NC=NC(C)[Si](OCC)(OCC)OCC. The summed E-state index contributed by atoms with van der Waals surface area (Å²) in [5.74, 6) is 0. The normalized spacial score (nSPS) is 15.7. The van der Waals surface area contributed by atoms with E-state index in [-0.39, 0.29) is 11.3 Å². The van der Waals surface area contributed by atoms with E-state index in [0.29, 0.717) is 39.6 Å².